The lowest BCUT2D eigenvalue weighted by Crippen LogP contribution is -2.59. The van der Waals surface area contributed by atoms with Gasteiger partial charge in [-0.05, 0) is 12.5 Å². The van der Waals surface area contributed by atoms with Gasteiger partial charge in [0.25, 0.3) is 11.6 Å². The van der Waals surface area contributed by atoms with Crippen LogP contribution in [-0.4, -0.2) is 41.4 Å². The zero-order valence-electron chi connectivity index (χ0n) is 11.1. The lowest BCUT2D eigenvalue weighted by atomic mass is 10.1. The first-order chi connectivity index (χ1) is 9.52. The number of nitrogens with one attached hydrogen (secondary N) is 1. The summed E-state index contributed by atoms with van der Waals surface area (Å²) in [6, 6.07) is 3.06. The molecule has 6 nitrogen and oxygen atoms in total. The maximum absolute atomic E-state index is 13.4. The summed E-state index contributed by atoms with van der Waals surface area (Å²) in [4.78, 5) is 24.1. The Kier molecular flexibility index (Phi) is 4.29. The number of benzene rings is 1. The summed E-state index contributed by atoms with van der Waals surface area (Å²) in [7, 11) is 0. The maximum Gasteiger partial charge on any atom is 0.273 e. The second-order valence-electron chi connectivity index (χ2n) is 4.77. The molecule has 1 aromatic rings. The zero-order chi connectivity index (χ0) is 14.7. The molecule has 1 aliphatic rings. The van der Waals surface area contributed by atoms with Crippen molar-refractivity contribution in [3.05, 3.63) is 39.7 Å². The third kappa shape index (κ3) is 2.93. The number of nitrogens with zero attached hydrogens (tertiary/aromatic N) is 2. The number of nitro groups is 1. The molecule has 1 heterocycles. The van der Waals surface area contributed by atoms with Crippen molar-refractivity contribution in [2.24, 2.45) is 0 Å². The summed E-state index contributed by atoms with van der Waals surface area (Å²) in [5.74, 6) is -1.13. The average Bonchev–Trinajstić information content (AvgIpc) is 2.34. The second-order valence-corrected chi connectivity index (χ2v) is 4.77. The van der Waals surface area contributed by atoms with Crippen LogP contribution in [0.3, 0.4) is 0 Å². The lowest BCUT2D eigenvalue weighted by molar-refractivity contribution is -0.385. The molecular formula is C13H16FN3O3. The van der Waals surface area contributed by atoms with E-state index in [9.17, 15) is 19.3 Å². The number of nitro benzene ring substituents is 1. The normalized spacial score (nSPS) is 14.7. The van der Waals surface area contributed by atoms with Crippen molar-refractivity contribution < 1.29 is 14.1 Å². The Balaban J connectivity index is 2.28. The molecular weight excluding hydrogens is 265 g/mol. The molecule has 0 saturated carbocycles. The first kappa shape index (κ1) is 14.4. The first-order valence-corrected chi connectivity index (χ1v) is 6.49. The van der Waals surface area contributed by atoms with E-state index in [2.05, 4.69) is 5.32 Å². The van der Waals surface area contributed by atoms with Crippen molar-refractivity contribution in [3.8, 4) is 0 Å². The Morgan fingerprint density at radius 3 is 2.70 bits per heavy atom. The van der Waals surface area contributed by atoms with E-state index in [1.165, 1.54) is 0 Å². The van der Waals surface area contributed by atoms with Gasteiger partial charge in [0.15, 0.2) is 0 Å². The van der Waals surface area contributed by atoms with Gasteiger partial charge in [-0.3, -0.25) is 14.9 Å². The van der Waals surface area contributed by atoms with E-state index in [4.69, 9.17) is 0 Å². The van der Waals surface area contributed by atoms with Crippen molar-refractivity contribution in [2.75, 3.05) is 19.6 Å². The molecule has 1 aromatic carbocycles. The monoisotopic (exact) mass is 281 g/mol. The number of hydrogen-bond donors (Lipinski definition) is 1. The molecule has 0 aromatic heterocycles. The van der Waals surface area contributed by atoms with Crippen LogP contribution in [-0.2, 0) is 0 Å². The lowest BCUT2D eigenvalue weighted by Gasteiger charge is -2.38. The third-order valence-corrected chi connectivity index (χ3v) is 3.27. The topological polar surface area (TPSA) is 75.5 Å². The van der Waals surface area contributed by atoms with E-state index in [1.54, 1.807) is 4.90 Å². The number of carbonyl (C=O) groups excluding carboxylic acids is 1. The summed E-state index contributed by atoms with van der Waals surface area (Å²) in [6.07, 6.45) is 0.777. The summed E-state index contributed by atoms with van der Waals surface area (Å²) >= 11 is 0. The molecule has 0 radical (unpaired) electrons. The predicted molar refractivity (Wildman–Crippen MR) is 71.0 cm³/mol. The van der Waals surface area contributed by atoms with Crippen molar-refractivity contribution in [1.29, 1.82) is 0 Å². The van der Waals surface area contributed by atoms with E-state index in [1.807, 2.05) is 6.92 Å². The molecule has 1 N–H and O–H groups in total. The standard InChI is InChI=1S/C13H16FN3O3/c1-2-3-16(12-7-15-8-12)13(18)9-4-10(14)6-11(5-9)17(19)20/h4-6,12,15H,2-3,7-8H2,1H3. The van der Waals surface area contributed by atoms with Gasteiger partial charge >= 0.3 is 0 Å². The highest BCUT2D eigenvalue weighted by Crippen LogP contribution is 2.19. The Hall–Kier alpha value is -2.02. The minimum atomic E-state index is -0.772. The minimum absolute atomic E-state index is 0.0250. The Morgan fingerprint density at radius 2 is 2.20 bits per heavy atom. The molecule has 7 heteroatoms. The largest absolute Gasteiger partial charge is 0.333 e. The van der Waals surface area contributed by atoms with Gasteiger partial charge in [-0.15, -0.1) is 0 Å². The molecule has 1 fully saturated rings. The van der Waals surface area contributed by atoms with Gasteiger partial charge in [0.05, 0.1) is 17.0 Å². The van der Waals surface area contributed by atoms with Crippen LogP contribution in [0.1, 0.15) is 23.7 Å². The van der Waals surface area contributed by atoms with E-state index >= 15 is 0 Å². The summed E-state index contributed by atoms with van der Waals surface area (Å²) < 4.78 is 13.4. The molecule has 108 valence electrons. The number of hydrogen-bond acceptors (Lipinski definition) is 4. The van der Waals surface area contributed by atoms with E-state index in [0.29, 0.717) is 19.6 Å². The van der Waals surface area contributed by atoms with Gasteiger partial charge in [0.1, 0.15) is 5.82 Å². The van der Waals surface area contributed by atoms with Gasteiger partial charge in [-0.25, -0.2) is 4.39 Å². The summed E-state index contributed by atoms with van der Waals surface area (Å²) in [5, 5.41) is 13.8. The van der Waals surface area contributed by atoms with E-state index in [0.717, 1.165) is 24.6 Å². The molecule has 0 spiro atoms. The fraction of sp³-hybridized carbons (Fsp3) is 0.462. The van der Waals surface area contributed by atoms with Crippen LogP contribution in [0, 0.1) is 15.9 Å². The SMILES string of the molecule is CCCN(C(=O)c1cc(F)cc([N+](=O)[O-])c1)C1CNC1. The van der Waals surface area contributed by atoms with Crippen LogP contribution in [0.4, 0.5) is 10.1 Å². The van der Waals surface area contributed by atoms with Gasteiger partial charge in [-0.2, -0.15) is 0 Å². The smallest absolute Gasteiger partial charge is 0.273 e. The molecule has 20 heavy (non-hydrogen) atoms. The molecule has 0 aliphatic carbocycles. The molecule has 1 saturated heterocycles. The minimum Gasteiger partial charge on any atom is -0.333 e. The quantitative estimate of drug-likeness (QED) is 0.656. The van der Waals surface area contributed by atoms with Crippen molar-refractivity contribution in [3.63, 3.8) is 0 Å². The predicted octanol–water partition coefficient (Wildman–Crippen LogP) is 1.56. The fourth-order valence-electron chi connectivity index (χ4n) is 2.15. The Morgan fingerprint density at radius 1 is 1.50 bits per heavy atom. The van der Waals surface area contributed by atoms with Gasteiger partial charge < -0.3 is 10.2 Å². The maximum atomic E-state index is 13.4. The van der Waals surface area contributed by atoms with Gasteiger partial charge in [-0.1, -0.05) is 6.92 Å². The van der Waals surface area contributed by atoms with E-state index < -0.39 is 16.4 Å². The highest BCUT2D eigenvalue weighted by molar-refractivity contribution is 5.95. The van der Waals surface area contributed by atoms with Crippen molar-refractivity contribution in [2.45, 2.75) is 19.4 Å². The molecule has 0 atom stereocenters. The number of non-ortho nitro benzene ring substituents is 1. The number of carbonyl (C=O) groups is 1. The molecule has 0 unspecified atom stereocenters. The molecule has 2 rings (SSSR count). The first-order valence-electron chi connectivity index (χ1n) is 6.49. The van der Waals surface area contributed by atoms with Crippen LogP contribution in [0.15, 0.2) is 18.2 Å². The highest BCUT2D eigenvalue weighted by atomic mass is 19.1. The number of amides is 1. The molecule has 1 aliphatic heterocycles. The number of halogens is 1. The Labute approximate surface area is 115 Å². The van der Waals surface area contributed by atoms with Crippen LogP contribution in [0.2, 0.25) is 0 Å². The number of rotatable bonds is 5. The Bertz CT molecular complexity index is 532. The summed E-state index contributed by atoms with van der Waals surface area (Å²) in [5.41, 5.74) is -0.381. The molecule has 0 bridgehead atoms. The van der Waals surface area contributed by atoms with Crippen LogP contribution in [0.25, 0.3) is 0 Å². The molecule has 1 amide bonds. The summed E-state index contributed by atoms with van der Waals surface area (Å²) in [6.45, 7) is 3.89. The third-order valence-electron chi connectivity index (χ3n) is 3.27. The van der Waals surface area contributed by atoms with Gasteiger partial charge in [0.2, 0.25) is 0 Å². The average molecular weight is 281 g/mol. The van der Waals surface area contributed by atoms with Crippen LogP contribution >= 0.6 is 0 Å². The van der Waals surface area contributed by atoms with Gasteiger partial charge in [0, 0.05) is 31.3 Å². The fourth-order valence-corrected chi connectivity index (χ4v) is 2.15. The van der Waals surface area contributed by atoms with Crippen molar-refractivity contribution in [1.82, 2.24) is 10.2 Å². The highest BCUT2D eigenvalue weighted by Gasteiger charge is 2.29. The zero-order valence-corrected chi connectivity index (χ0v) is 11.1. The van der Waals surface area contributed by atoms with Crippen LogP contribution in [0.5, 0.6) is 0 Å². The van der Waals surface area contributed by atoms with Crippen LogP contribution < -0.4 is 5.32 Å². The van der Waals surface area contributed by atoms with Crippen molar-refractivity contribution >= 4 is 11.6 Å². The second kappa shape index (κ2) is 5.96. The van der Waals surface area contributed by atoms with E-state index in [-0.39, 0.29) is 17.5 Å².